The Morgan fingerprint density at radius 3 is 2.43 bits per heavy atom. The Labute approximate surface area is 223 Å². The summed E-state index contributed by atoms with van der Waals surface area (Å²) < 4.78 is 1.65. The number of aromatic nitrogens is 3. The number of β-amino-alcohol motifs (C(OH)–C–C–N with tert-alkyl or cyclic N) is 1. The van der Waals surface area contributed by atoms with Gasteiger partial charge in [0, 0.05) is 41.6 Å². The monoisotopic (exact) mass is 527 g/mol. The molecule has 0 spiro atoms. The molecule has 3 unspecified atom stereocenters. The van der Waals surface area contributed by atoms with E-state index in [0.717, 1.165) is 37.8 Å². The Balaban J connectivity index is 1.35. The summed E-state index contributed by atoms with van der Waals surface area (Å²) in [4.78, 5) is 29.2. The SMILES string of the molecule is CC(NC(=O)C1CC(O)CN1C(=O)[C@@H](n1cc(C2CC2)nn1)C(C)(C)C)C1(c2ccc(Cl)cc2)CCC1. The van der Waals surface area contributed by atoms with Gasteiger partial charge in [-0.3, -0.25) is 9.59 Å². The summed E-state index contributed by atoms with van der Waals surface area (Å²) in [7, 11) is 0. The van der Waals surface area contributed by atoms with E-state index in [2.05, 4.69) is 15.6 Å². The third-order valence-electron chi connectivity index (χ3n) is 8.56. The highest BCUT2D eigenvalue weighted by Gasteiger charge is 2.48. The third-order valence-corrected chi connectivity index (χ3v) is 8.81. The molecule has 1 aromatic carbocycles. The van der Waals surface area contributed by atoms with E-state index >= 15 is 0 Å². The number of hydrogen-bond acceptors (Lipinski definition) is 5. The van der Waals surface area contributed by atoms with E-state index in [9.17, 15) is 14.7 Å². The van der Waals surface area contributed by atoms with Crippen LogP contribution in [0.3, 0.4) is 0 Å². The number of nitrogens with one attached hydrogen (secondary N) is 1. The summed E-state index contributed by atoms with van der Waals surface area (Å²) >= 11 is 6.11. The van der Waals surface area contributed by atoms with Gasteiger partial charge in [-0.2, -0.15) is 0 Å². The van der Waals surface area contributed by atoms with Gasteiger partial charge in [0.25, 0.3) is 0 Å². The highest BCUT2D eigenvalue weighted by Crippen LogP contribution is 2.47. The molecule has 2 heterocycles. The molecular formula is C28H38ClN5O3. The number of halogens is 1. The number of likely N-dealkylation sites (tertiary alicyclic amines) is 1. The van der Waals surface area contributed by atoms with Gasteiger partial charge in [0.15, 0.2) is 0 Å². The number of rotatable bonds is 7. The summed E-state index contributed by atoms with van der Waals surface area (Å²) in [5.41, 5.74) is 1.47. The smallest absolute Gasteiger partial charge is 0.248 e. The van der Waals surface area contributed by atoms with Crippen molar-refractivity contribution in [2.75, 3.05) is 6.54 Å². The summed E-state index contributed by atoms with van der Waals surface area (Å²) in [6.07, 6.45) is 6.61. The molecule has 2 aliphatic carbocycles. The zero-order valence-corrected chi connectivity index (χ0v) is 22.9. The minimum Gasteiger partial charge on any atom is -0.391 e. The lowest BCUT2D eigenvalue weighted by Crippen LogP contribution is -2.57. The topological polar surface area (TPSA) is 100 Å². The summed E-state index contributed by atoms with van der Waals surface area (Å²) in [5, 5.41) is 23.1. The molecule has 37 heavy (non-hydrogen) atoms. The Hall–Kier alpha value is -2.45. The molecular weight excluding hydrogens is 490 g/mol. The average Bonchev–Trinajstić information content (AvgIpc) is 3.40. The normalized spacial score (nSPS) is 24.9. The van der Waals surface area contributed by atoms with Gasteiger partial charge in [0.1, 0.15) is 12.1 Å². The first kappa shape index (κ1) is 26.2. The number of aliphatic hydroxyl groups is 1. The summed E-state index contributed by atoms with van der Waals surface area (Å²) in [5.74, 6) is 0.000256. The Morgan fingerprint density at radius 2 is 1.86 bits per heavy atom. The van der Waals surface area contributed by atoms with Crippen LogP contribution in [0.1, 0.15) is 89.4 Å². The largest absolute Gasteiger partial charge is 0.391 e. The van der Waals surface area contributed by atoms with Crippen molar-refractivity contribution in [2.24, 2.45) is 5.41 Å². The second-order valence-electron chi connectivity index (χ2n) is 12.3. The number of carbonyl (C=O) groups is 2. The Kier molecular flexibility index (Phi) is 6.86. The zero-order chi connectivity index (χ0) is 26.5. The number of aliphatic hydroxyl groups excluding tert-OH is 1. The number of hydrogen-bond donors (Lipinski definition) is 2. The lowest BCUT2D eigenvalue weighted by Gasteiger charge is -2.47. The molecule has 0 bridgehead atoms. The van der Waals surface area contributed by atoms with Crippen LogP contribution in [0.15, 0.2) is 30.5 Å². The van der Waals surface area contributed by atoms with E-state index in [-0.39, 0.29) is 36.2 Å². The number of nitrogens with zero attached hydrogens (tertiary/aromatic N) is 4. The minimum atomic E-state index is -0.748. The van der Waals surface area contributed by atoms with E-state index in [4.69, 9.17) is 11.6 Å². The van der Waals surface area contributed by atoms with Gasteiger partial charge in [-0.05, 0) is 55.7 Å². The molecule has 8 nitrogen and oxygen atoms in total. The first-order valence-electron chi connectivity index (χ1n) is 13.5. The zero-order valence-electron chi connectivity index (χ0n) is 22.2. The van der Waals surface area contributed by atoms with Gasteiger partial charge >= 0.3 is 0 Å². The predicted octanol–water partition coefficient (Wildman–Crippen LogP) is 3.98. The van der Waals surface area contributed by atoms with Crippen molar-refractivity contribution in [3.63, 3.8) is 0 Å². The molecule has 4 atom stereocenters. The minimum absolute atomic E-state index is 0.126. The molecule has 2 aromatic rings. The van der Waals surface area contributed by atoms with Crippen LogP contribution in [0.25, 0.3) is 0 Å². The molecule has 0 radical (unpaired) electrons. The van der Waals surface area contributed by atoms with Gasteiger partial charge in [-0.15, -0.1) is 5.10 Å². The molecule has 2 N–H and O–H groups in total. The quantitative estimate of drug-likeness (QED) is 0.567. The van der Waals surface area contributed by atoms with Gasteiger partial charge < -0.3 is 15.3 Å². The van der Waals surface area contributed by atoms with Gasteiger partial charge in [0.05, 0.1) is 11.8 Å². The van der Waals surface area contributed by atoms with Crippen LogP contribution in [0, 0.1) is 5.41 Å². The van der Waals surface area contributed by atoms with Crippen molar-refractivity contribution in [1.82, 2.24) is 25.2 Å². The molecule has 3 aliphatic rings. The summed E-state index contributed by atoms with van der Waals surface area (Å²) in [6, 6.07) is 6.39. The molecule has 2 saturated carbocycles. The van der Waals surface area contributed by atoms with E-state index < -0.39 is 23.6 Å². The number of benzene rings is 1. The van der Waals surface area contributed by atoms with Crippen LogP contribution in [0.4, 0.5) is 0 Å². The maximum atomic E-state index is 14.0. The standard InChI is InChI=1S/C28H38ClN5O3/c1-17(28(12-5-13-28)19-8-10-20(29)11-9-19)30-25(36)23-14-21(35)15-33(23)26(37)24(27(2,3)4)34-16-22(31-32-34)18-6-7-18/h8-11,16-18,21,23-24,35H,5-7,12-15H2,1-4H3,(H,30,36)/t17?,21?,23?,24-/m1/s1. The van der Waals surface area contributed by atoms with Crippen LogP contribution in [0.5, 0.6) is 0 Å². The molecule has 1 aromatic heterocycles. The third kappa shape index (κ3) is 5.02. The molecule has 5 rings (SSSR count). The lowest BCUT2D eigenvalue weighted by molar-refractivity contribution is -0.144. The van der Waals surface area contributed by atoms with Crippen molar-refractivity contribution in [2.45, 2.75) is 102 Å². The second kappa shape index (κ2) is 9.70. The fourth-order valence-electron chi connectivity index (χ4n) is 6.09. The number of amides is 2. The Bertz CT molecular complexity index is 1150. The molecule has 3 fully saturated rings. The van der Waals surface area contributed by atoms with E-state index in [0.29, 0.717) is 10.9 Å². The van der Waals surface area contributed by atoms with Crippen molar-refractivity contribution in [3.05, 3.63) is 46.7 Å². The van der Waals surface area contributed by atoms with Gasteiger partial charge in [-0.1, -0.05) is 56.1 Å². The van der Waals surface area contributed by atoms with E-state index in [1.54, 1.807) is 9.58 Å². The molecule has 200 valence electrons. The predicted molar refractivity (Wildman–Crippen MR) is 141 cm³/mol. The van der Waals surface area contributed by atoms with Gasteiger partial charge in [0.2, 0.25) is 11.8 Å². The molecule has 2 amide bonds. The highest BCUT2D eigenvalue weighted by atomic mass is 35.5. The lowest BCUT2D eigenvalue weighted by atomic mass is 9.60. The van der Waals surface area contributed by atoms with E-state index in [1.807, 2.05) is 58.2 Å². The van der Waals surface area contributed by atoms with Crippen LogP contribution in [0.2, 0.25) is 5.02 Å². The number of carbonyl (C=O) groups excluding carboxylic acids is 2. The van der Waals surface area contributed by atoms with Crippen molar-refractivity contribution < 1.29 is 14.7 Å². The molecule has 1 aliphatic heterocycles. The maximum Gasteiger partial charge on any atom is 0.248 e. The fourth-order valence-corrected chi connectivity index (χ4v) is 6.21. The highest BCUT2D eigenvalue weighted by molar-refractivity contribution is 6.30. The second-order valence-corrected chi connectivity index (χ2v) is 12.7. The van der Waals surface area contributed by atoms with Crippen molar-refractivity contribution in [1.29, 1.82) is 0 Å². The maximum absolute atomic E-state index is 14.0. The first-order chi connectivity index (χ1) is 17.5. The fraction of sp³-hybridized carbons (Fsp3) is 0.643. The van der Waals surface area contributed by atoms with Crippen LogP contribution >= 0.6 is 11.6 Å². The van der Waals surface area contributed by atoms with Crippen molar-refractivity contribution in [3.8, 4) is 0 Å². The van der Waals surface area contributed by atoms with Crippen LogP contribution < -0.4 is 5.32 Å². The molecule has 1 saturated heterocycles. The van der Waals surface area contributed by atoms with E-state index in [1.165, 1.54) is 5.56 Å². The van der Waals surface area contributed by atoms with Crippen molar-refractivity contribution >= 4 is 23.4 Å². The molecule has 9 heteroatoms. The van der Waals surface area contributed by atoms with Crippen LogP contribution in [-0.4, -0.2) is 61.5 Å². The Morgan fingerprint density at radius 1 is 1.19 bits per heavy atom. The van der Waals surface area contributed by atoms with Gasteiger partial charge in [-0.25, -0.2) is 4.68 Å². The van der Waals surface area contributed by atoms with Crippen LogP contribution in [-0.2, 0) is 15.0 Å². The average molecular weight is 528 g/mol. The summed E-state index contributed by atoms with van der Waals surface area (Å²) in [6.45, 7) is 8.14. The first-order valence-corrected chi connectivity index (χ1v) is 13.8.